The van der Waals surface area contributed by atoms with Crippen molar-refractivity contribution in [1.29, 1.82) is 5.26 Å². The summed E-state index contributed by atoms with van der Waals surface area (Å²) < 4.78 is 7.72. The Bertz CT molecular complexity index is 958. The molecular weight excluding hydrogens is 320 g/mol. The summed E-state index contributed by atoms with van der Waals surface area (Å²) >= 11 is 0. The molecule has 0 aliphatic carbocycles. The van der Waals surface area contributed by atoms with E-state index in [-0.39, 0.29) is 0 Å². The first-order chi connectivity index (χ1) is 12.6. The molecule has 1 aromatic heterocycles. The second-order valence-electron chi connectivity index (χ2n) is 6.12. The Morgan fingerprint density at radius 1 is 1.08 bits per heavy atom. The molecule has 3 heteroatoms. The molecule has 3 rings (SSSR count). The van der Waals surface area contributed by atoms with E-state index in [1.807, 2.05) is 55.5 Å². The molecule has 26 heavy (non-hydrogen) atoms. The lowest BCUT2D eigenvalue weighted by molar-refractivity contribution is 0.340. The normalized spacial score (nSPS) is 11.2. The van der Waals surface area contributed by atoms with Crippen LogP contribution in [0.3, 0.4) is 0 Å². The monoisotopic (exact) mass is 342 g/mol. The van der Waals surface area contributed by atoms with Crippen LogP contribution in [0, 0.1) is 25.2 Å². The summed E-state index contributed by atoms with van der Waals surface area (Å²) in [5, 5.41) is 9.57. The van der Waals surface area contributed by atoms with Gasteiger partial charge in [-0.15, -0.1) is 0 Å². The number of allylic oxidation sites excluding steroid dienone is 1. The number of hydrogen-bond donors (Lipinski definition) is 0. The van der Waals surface area contributed by atoms with Crippen LogP contribution in [-0.4, -0.2) is 11.2 Å². The van der Waals surface area contributed by atoms with E-state index >= 15 is 0 Å². The van der Waals surface area contributed by atoms with E-state index in [9.17, 15) is 5.26 Å². The molecule has 0 N–H and O–H groups in total. The molecule has 0 atom stereocenters. The van der Waals surface area contributed by atoms with Gasteiger partial charge in [0.05, 0.1) is 18.2 Å². The van der Waals surface area contributed by atoms with E-state index in [4.69, 9.17) is 4.74 Å². The molecule has 3 aromatic rings. The van der Waals surface area contributed by atoms with Gasteiger partial charge in [0.1, 0.15) is 5.75 Å². The van der Waals surface area contributed by atoms with Gasteiger partial charge in [0, 0.05) is 17.1 Å². The third kappa shape index (κ3) is 3.55. The fourth-order valence-electron chi connectivity index (χ4n) is 3.14. The zero-order valence-corrected chi connectivity index (χ0v) is 15.4. The van der Waals surface area contributed by atoms with E-state index < -0.39 is 0 Å². The van der Waals surface area contributed by atoms with Crippen LogP contribution < -0.4 is 4.74 Å². The van der Waals surface area contributed by atoms with Crippen molar-refractivity contribution in [3.8, 4) is 17.5 Å². The first-order valence-corrected chi connectivity index (χ1v) is 8.73. The van der Waals surface area contributed by atoms with Crippen LogP contribution in [0.15, 0.2) is 60.7 Å². The van der Waals surface area contributed by atoms with Gasteiger partial charge in [0.25, 0.3) is 0 Å². The quantitative estimate of drug-likeness (QED) is 0.570. The molecule has 0 saturated carbocycles. The number of ether oxygens (including phenoxy) is 1. The molecular formula is C23H22N2O. The Balaban J connectivity index is 2.00. The second-order valence-corrected chi connectivity index (χ2v) is 6.12. The molecule has 2 aromatic carbocycles. The van der Waals surface area contributed by atoms with Crippen LogP contribution in [0.1, 0.15) is 29.4 Å². The predicted molar refractivity (Wildman–Crippen MR) is 106 cm³/mol. The lowest BCUT2D eigenvalue weighted by Crippen LogP contribution is -1.99. The number of rotatable bonds is 5. The minimum absolute atomic E-state index is 0.659. The van der Waals surface area contributed by atoms with Crippen LogP contribution in [0.2, 0.25) is 0 Å². The second kappa shape index (κ2) is 7.76. The first-order valence-electron chi connectivity index (χ1n) is 8.73. The molecule has 3 nitrogen and oxygen atoms in total. The minimum Gasteiger partial charge on any atom is -0.494 e. The largest absolute Gasteiger partial charge is 0.494 e. The van der Waals surface area contributed by atoms with Crippen molar-refractivity contribution in [3.63, 3.8) is 0 Å². The average Bonchev–Trinajstić information content (AvgIpc) is 2.95. The highest BCUT2D eigenvalue weighted by atomic mass is 16.5. The maximum Gasteiger partial charge on any atom is 0.119 e. The topological polar surface area (TPSA) is 38.0 Å². The van der Waals surface area contributed by atoms with Crippen LogP contribution in [0.4, 0.5) is 0 Å². The Kier molecular flexibility index (Phi) is 5.24. The van der Waals surface area contributed by atoms with Crippen LogP contribution >= 0.6 is 0 Å². The third-order valence-electron chi connectivity index (χ3n) is 4.38. The Hall–Kier alpha value is -3.25. The van der Waals surface area contributed by atoms with Gasteiger partial charge < -0.3 is 9.30 Å². The lowest BCUT2D eigenvalue weighted by atomic mass is 10.0. The molecule has 0 aliphatic rings. The van der Waals surface area contributed by atoms with E-state index in [0.29, 0.717) is 12.2 Å². The summed E-state index contributed by atoms with van der Waals surface area (Å²) in [5.74, 6) is 0.870. The van der Waals surface area contributed by atoms with Crippen LogP contribution in [-0.2, 0) is 0 Å². The van der Waals surface area contributed by atoms with Gasteiger partial charge in [-0.2, -0.15) is 5.26 Å². The van der Waals surface area contributed by atoms with Crippen molar-refractivity contribution in [1.82, 2.24) is 4.57 Å². The maximum atomic E-state index is 9.57. The fraction of sp³-hybridized carbons (Fsp3) is 0.174. The van der Waals surface area contributed by atoms with E-state index in [1.165, 1.54) is 0 Å². The van der Waals surface area contributed by atoms with Gasteiger partial charge in [0.2, 0.25) is 0 Å². The lowest BCUT2D eigenvalue weighted by Gasteiger charge is -2.11. The summed E-state index contributed by atoms with van der Waals surface area (Å²) in [7, 11) is 0. The summed E-state index contributed by atoms with van der Waals surface area (Å²) in [6, 6.07) is 22.3. The van der Waals surface area contributed by atoms with Crippen LogP contribution in [0.25, 0.3) is 17.3 Å². The SMILES string of the molecule is CCOc1ccc(-n2c(C)cc(/C=C(\C#N)c3ccccc3)c2C)cc1. The molecule has 0 fully saturated rings. The van der Waals surface area contributed by atoms with Crippen molar-refractivity contribution in [3.05, 3.63) is 83.2 Å². The zero-order chi connectivity index (χ0) is 18.5. The first kappa shape index (κ1) is 17.6. The highest BCUT2D eigenvalue weighted by molar-refractivity contribution is 5.90. The molecule has 0 spiro atoms. The summed E-state index contributed by atoms with van der Waals surface area (Å²) in [5.41, 5.74) is 5.97. The number of benzene rings is 2. The van der Waals surface area contributed by atoms with Gasteiger partial charge in [-0.25, -0.2) is 0 Å². The fourth-order valence-corrected chi connectivity index (χ4v) is 3.14. The molecule has 1 heterocycles. The minimum atomic E-state index is 0.659. The average molecular weight is 342 g/mol. The molecule has 130 valence electrons. The van der Waals surface area contributed by atoms with Gasteiger partial charge >= 0.3 is 0 Å². The van der Waals surface area contributed by atoms with Gasteiger partial charge in [0.15, 0.2) is 0 Å². The molecule has 0 unspecified atom stereocenters. The molecule has 0 saturated heterocycles. The molecule has 0 radical (unpaired) electrons. The van der Waals surface area contributed by atoms with Gasteiger partial charge in [-0.05, 0) is 68.3 Å². The van der Waals surface area contributed by atoms with E-state index in [1.54, 1.807) is 0 Å². The van der Waals surface area contributed by atoms with Gasteiger partial charge in [-0.1, -0.05) is 30.3 Å². The maximum absolute atomic E-state index is 9.57. The third-order valence-corrected chi connectivity index (χ3v) is 4.38. The van der Waals surface area contributed by atoms with E-state index in [2.05, 4.69) is 42.7 Å². The Morgan fingerprint density at radius 2 is 1.77 bits per heavy atom. The number of nitrogens with zero attached hydrogens (tertiary/aromatic N) is 2. The standard InChI is InChI=1S/C23H22N2O/c1-4-26-23-12-10-22(11-13-23)25-17(2)14-20(18(25)3)15-21(16-24)19-8-6-5-7-9-19/h5-15H,4H2,1-3H3/b21-15+. The Labute approximate surface area is 154 Å². The Morgan fingerprint density at radius 3 is 2.38 bits per heavy atom. The predicted octanol–water partition coefficient (Wildman–Crippen LogP) is 5.56. The number of hydrogen-bond acceptors (Lipinski definition) is 2. The van der Waals surface area contributed by atoms with Gasteiger partial charge in [-0.3, -0.25) is 0 Å². The van der Waals surface area contributed by atoms with Crippen molar-refractivity contribution >= 4 is 11.6 Å². The summed E-state index contributed by atoms with van der Waals surface area (Å²) in [4.78, 5) is 0. The molecule has 0 amide bonds. The smallest absolute Gasteiger partial charge is 0.119 e. The number of aryl methyl sites for hydroxylation is 1. The van der Waals surface area contributed by atoms with E-state index in [0.717, 1.165) is 34.0 Å². The number of aromatic nitrogens is 1. The van der Waals surface area contributed by atoms with Crippen molar-refractivity contribution in [2.24, 2.45) is 0 Å². The summed E-state index contributed by atoms with van der Waals surface area (Å²) in [6.45, 7) is 6.79. The van der Waals surface area contributed by atoms with Crippen molar-refractivity contribution in [2.75, 3.05) is 6.61 Å². The molecule has 0 bridgehead atoms. The molecule has 0 aliphatic heterocycles. The highest BCUT2D eigenvalue weighted by Crippen LogP contribution is 2.26. The zero-order valence-electron chi connectivity index (χ0n) is 15.4. The highest BCUT2D eigenvalue weighted by Gasteiger charge is 2.11. The number of nitriles is 1. The van der Waals surface area contributed by atoms with Crippen LogP contribution in [0.5, 0.6) is 5.75 Å². The van der Waals surface area contributed by atoms with Crippen molar-refractivity contribution < 1.29 is 4.74 Å². The summed E-state index contributed by atoms with van der Waals surface area (Å²) in [6.07, 6.45) is 1.96. The van der Waals surface area contributed by atoms with Crippen molar-refractivity contribution in [2.45, 2.75) is 20.8 Å².